The van der Waals surface area contributed by atoms with E-state index in [-0.39, 0.29) is 16.8 Å². The van der Waals surface area contributed by atoms with Crippen molar-refractivity contribution in [1.82, 2.24) is 9.62 Å². The number of sulfonamides is 1. The molecule has 0 aromatic heterocycles. The Morgan fingerprint density at radius 2 is 1.68 bits per heavy atom. The summed E-state index contributed by atoms with van der Waals surface area (Å²) in [7, 11) is -1.92. The fraction of sp³-hybridized carbons (Fsp3) is 0.381. The zero-order valence-electron chi connectivity index (χ0n) is 16.3. The van der Waals surface area contributed by atoms with Gasteiger partial charge in [0.2, 0.25) is 15.9 Å². The van der Waals surface area contributed by atoms with Gasteiger partial charge in [0.05, 0.1) is 10.3 Å². The van der Waals surface area contributed by atoms with E-state index >= 15 is 0 Å². The molecule has 1 amide bonds. The highest BCUT2D eigenvalue weighted by Crippen LogP contribution is 2.48. The summed E-state index contributed by atoms with van der Waals surface area (Å²) in [6, 6.07) is 14.5. The van der Waals surface area contributed by atoms with Gasteiger partial charge in [0.1, 0.15) is 0 Å². The summed E-state index contributed by atoms with van der Waals surface area (Å²) in [5.74, 6) is 0.0195. The summed E-state index contributed by atoms with van der Waals surface area (Å²) in [6.45, 7) is 4.04. The molecule has 0 saturated heterocycles. The summed E-state index contributed by atoms with van der Waals surface area (Å²) in [4.78, 5) is 13.0. The molecule has 2 aromatic rings. The van der Waals surface area contributed by atoms with Crippen LogP contribution in [0.4, 0.5) is 0 Å². The van der Waals surface area contributed by atoms with Gasteiger partial charge < -0.3 is 5.32 Å². The summed E-state index contributed by atoms with van der Waals surface area (Å²) in [5, 5.41) is 3.00. The van der Waals surface area contributed by atoms with E-state index in [0.29, 0.717) is 6.54 Å². The van der Waals surface area contributed by atoms with Crippen LogP contribution in [0, 0.1) is 0 Å². The highest BCUT2D eigenvalue weighted by atomic mass is 79.9. The van der Waals surface area contributed by atoms with Crippen molar-refractivity contribution in [3.05, 3.63) is 64.1 Å². The number of carbonyl (C=O) groups excluding carboxylic acids is 1. The van der Waals surface area contributed by atoms with Gasteiger partial charge in [-0.3, -0.25) is 4.79 Å². The number of halogens is 1. The fourth-order valence-electron chi connectivity index (χ4n) is 3.12. The van der Waals surface area contributed by atoms with Crippen molar-refractivity contribution in [2.24, 2.45) is 0 Å². The minimum Gasteiger partial charge on any atom is -0.351 e. The second kappa shape index (κ2) is 7.97. The molecule has 1 fully saturated rings. The Bertz CT molecular complexity index is 950. The van der Waals surface area contributed by atoms with E-state index in [2.05, 4.69) is 21.2 Å². The van der Waals surface area contributed by atoms with Gasteiger partial charge in [-0.2, -0.15) is 4.31 Å². The normalized spacial score (nSPS) is 15.6. The zero-order chi connectivity index (χ0) is 20.5. The van der Waals surface area contributed by atoms with Crippen molar-refractivity contribution >= 4 is 31.9 Å². The summed E-state index contributed by atoms with van der Waals surface area (Å²) in [6.07, 6.45) is 1.69. The summed E-state index contributed by atoms with van der Waals surface area (Å²) in [5.41, 5.74) is 1.47. The van der Waals surface area contributed by atoms with Gasteiger partial charge in [0, 0.05) is 24.1 Å². The second-order valence-corrected chi connectivity index (χ2v) is 10.4. The van der Waals surface area contributed by atoms with Crippen LogP contribution in [-0.2, 0) is 26.8 Å². The smallest absolute Gasteiger partial charge is 0.243 e. The maximum Gasteiger partial charge on any atom is 0.243 e. The van der Waals surface area contributed by atoms with Crippen LogP contribution in [0.2, 0.25) is 0 Å². The third-order valence-electron chi connectivity index (χ3n) is 5.36. The molecule has 1 aliphatic rings. The van der Waals surface area contributed by atoms with Gasteiger partial charge in [0.25, 0.3) is 0 Å². The Morgan fingerprint density at radius 1 is 1.11 bits per heavy atom. The van der Waals surface area contributed by atoms with Crippen molar-refractivity contribution in [2.45, 2.75) is 49.6 Å². The van der Waals surface area contributed by atoms with E-state index in [0.717, 1.165) is 28.4 Å². The van der Waals surface area contributed by atoms with Crippen molar-refractivity contribution in [3.63, 3.8) is 0 Å². The molecule has 1 N–H and O–H groups in total. The van der Waals surface area contributed by atoms with Crippen molar-refractivity contribution in [3.8, 4) is 0 Å². The van der Waals surface area contributed by atoms with Gasteiger partial charge in [0.15, 0.2) is 0 Å². The number of carbonyl (C=O) groups is 1. The lowest BCUT2D eigenvalue weighted by Gasteiger charge is -2.21. The highest BCUT2D eigenvalue weighted by Gasteiger charge is 2.51. The molecule has 0 heterocycles. The molecule has 1 aliphatic carbocycles. The van der Waals surface area contributed by atoms with Crippen molar-refractivity contribution < 1.29 is 13.2 Å². The standard InChI is InChI=1S/C21H25BrN2O3S/c1-15(2)24(3)28(26,27)19-10-4-16(5-11-19)14-23-20(25)21(12-13-21)17-6-8-18(22)9-7-17/h4-11,15H,12-14H2,1-3H3,(H,23,25). The van der Waals surface area contributed by atoms with Crippen LogP contribution < -0.4 is 5.32 Å². The Labute approximate surface area is 175 Å². The Balaban J connectivity index is 1.65. The van der Waals surface area contributed by atoms with Crippen LogP contribution >= 0.6 is 15.9 Å². The molecular formula is C21H25BrN2O3S. The number of benzene rings is 2. The third kappa shape index (κ3) is 4.16. The average molecular weight is 465 g/mol. The Morgan fingerprint density at radius 3 is 2.18 bits per heavy atom. The van der Waals surface area contributed by atoms with Crippen LogP contribution in [0.15, 0.2) is 57.9 Å². The average Bonchev–Trinajstić information content (AvgIpc) is 3.48. The molecule has 0 unspecified atom stereocenters. The van der Waals surface area contributed by atoms with Gasteiger partial charge in [-0.25, -0.2) is 8.42 Å². The number of hydrogen-bond acceptors (Lipinski definition) is 3. The van der Waals surface area contributed by atoms with Crippen LogP contribution in [0.5, 0.6) is 0 Å². The van der Waals surface area contributed by atoms with E-state index in [1.807, 2.05) is 38.1 Å². The Kier molecular flexibility index (Phi) is 5.98. The number of hydrogen-bond donors (Lipinski definition) is 1. The van der Waals surface area contributed by atoms with E-state index in [1.165, 1.54) is 4.31 Å². The van der Waals surface area contributed by atoms with Gasteiger partial charge >= 0.3 is 0 Å². The predicted octanol–water partition coefficient (Wildman–Crippen LogP) is 3.83. The van der Waals surface area contributed by atoms with E-state index in [1.54, 1.807) is 31.3 Å². The molecule has 0 radical (unpaired) electrons. The maximum absolute atomic E-state index is 12.8. The molecule has 1 saturated carbocycles. The van der Waals surface area contributed by atoms with Crippen molar-refractivity contribution in [1.29, 1.82) is 0 Å². The van der Waals surface area contributed by atoms with Gasteiger partial charge in [-0.15, -0.1) is 0 Å². The minimum atomic E-state index is -3.50. The molecule has 0 atom stereocenters. The molecule has 150 valence electrons. The van der Waals surface area contributed by atoms with E-state index < -0.39 is 15.4 Å². The molecule has 3 rings (SSSR count). The maximum atomic E-state index is 12.8. The summed E-state index contributed by atoms with van der Waals surface area (Å²) >= 11 is 3.42. The predicted molar refractivity (Wildman–Crippen MR) is 113 cm³/mol. The lowest BCUT2D eigenvalue weighted by Crippen LogP contribution is -2.34. The molecular weight excluding hydrogens is 440 g/mol. The lowest BCUT2D eigenvalue weighted by molar-refractivity contribution is -0.123. The number of rotatable bonds is 7. The van der Waals surface area contributed by atoms with Gasteiger partial charge in [-0.1, -0.05) is 40.2 Å². The molecule has 0 bridgehead atoms. The van der Waals surface area contributed by atoms with Crippen molar-refractivity contribution in [2.75, 3.05) is 7.05 Å². The first-order chi connectivity index (χ1) is 13.2. The number of nitrogens with one attached hydrogen (secondary N) is 1. The quantitative estimate of drug-likeness (QED) is 0.676. The second-order valence-electron chi connectivity index (χ2n) is 7.53. The first-order valence-corrected chi connectivity index (χ1v) is 11.5. The molecule has 0 spiro atoms. The van der Waals surface area contributed by atoms with Crippen LogP contribution in [0.25, 0.3) is 0 Å². The zero-order valence-corrected chi connectivity index (χ0v) is 18.7. The molecule has 0 aliphatic heterocycles. The largest absolute Gasteiger partial charge is 0.351 e. The number of amides is 1. The monoisotopic (exact) mass is 464 g/mol. The molecule has 2 aromatic carbocycles. The number of nitrogens with zero attached hydrogens (tertiary/aromatic N) is 1. The van der Waals surface area contributed by atoms with E-state index in [9.17, 15) is 13.2 Å². The molecule has 7 heteroatoms. The molecule has 5 nitrogen and oxygen atoms in total. The minimum absolute atomic E-state index is 0.0195. The first-order valence-electron chi connectivity index (χ1n) is 9.28. The first kappa shape index (κ1) is 21.0. The van der Waals surface area contributed by atoms with Crippen LogP contribution in [0.3, 0.4) is 0 Å². The van der Waals surface area contributed by atoms with E-state index in [4.69, 9.17) is 0 Å². The summed E-state index contributed by atoms with van der Waals surface area (Å²) < 4.78 is 27.4. The third-order valence-corrected chi connectivity index (χ3v) is 7.94. The fourth-order valence-corrected chi connectivity index (χ4v) is 4.75. The lowest BCUT2D eigenvalue weighted by atomic mass is 9.95. The van der Waals surface area contributed by atoms with Crippen LogP contribution in [-0.4, -0.2) is 31.7 Å². The van der Waals surface area contributed by atoms with Gasteiger partial charge in [-0.05, 0) is 62.1 Å². The molecule has 28 heavy (non-hydrogen) atoms. The topological polar surface area (TPSA) is 66.5 Å². The Hall–Kier alpha value is -1.70. The SMILES string of the molecule is CC(C)N(C)S(=O)(=O)c1ccc(CNC(=O)C2(c3ccc(Br)cc3)CC2)cc1. The van der Waals surface area contributed by atoms with Crippen LogP contribution in [0.1, 0.15) is 37.8 Å². The highest BCUT2D eigenvalue weighted by molar-refractivity contribution is 9.10.